The summed E-state index contributed by atoms with van der Waals surface area (Å²) in [6, 6.07) is 6.33. The Hall–Kier alpha value is -1.57. The third kappa shape index (κ3) is 1.14. The van der Waals surface area contributed by atoms with E-state index in [2.05, 4.69) is 37.0 Å². The maximum absolute atomic E-state index is 5.53. The fourth-order valence-corrected chi connectivity index (χ4v) is 2.27. The fourth-order valence-electron chi connectivity index (χ4n) is 2.27. The highest BCUT2D eigenvalue weighted by Gasteiger charge is 2.18. The van der Waals surface area contributed by atoms with Crippen LogP contribution in [-0.2, 0) is 6.42 Å². The Balaban J connectivity index is 2.46. The molecule has 2 aromatic rings. The summed E-state index contributed by atoms with van der Waals surface area (Å²) >= 11 is 0. The van der Waals surface area contributed by atoms with Crippen LogP contribution in [-0.4, -0.2) is 11.6 Å². The van der Waals surface area contributed by atoms with E-state index in [4.69, 9.17) is 4.74 Å². The Bertz CT molecular complexity index is 546. The zero-order valence-electron chi connectivity index (χ0n) is 9.00. The van der Waals surface area contributed by atoms with Gasteiger partial charge >= 0.3 is 0 Å². The van der Waals surface area contributed by atoms with E-state index in [0.717, 1.165) is 24.4 Å². The molecule has 0 aliphatic carbocycles. The molecule has 0 saturated carbocycles. The number of ether oxygens (including phenoxy) is 1. The van der Waals surface area contributed by atoms with Gasteiger partial charge in [-0.1, -0.05) is 18.2 Å². The van der Waals surface area contributed by atoms with Crippen LogP contribution in [0, 0.1) is 13.8 Å². The Kier molecular flexibility index (Phi) is 1.72. The molecule has 1 aliphatic rings. The summed E-state index contributed by atoms with van der Waals surface area (Å²) in [7, 11) is 0. The van der Waals surface area contributed by atoms with Crippen molar-refractivity contribution in [3.8, 4) is 5.88 Å². The molecule has 0 N–H and O–H groups in total. The molecular weight excluding hydrogens is 186 g/mol. The minimum atomic E-state index is 0.776. The lowest BCUT2D eigenvalue weighted by atomic mass is 10.0. The van der Waals surface area contributed by atoms with Crippen LogP contribution in [0.1, 0.15) is 16.7 Å². The van der Waals surface area contributed by atoms with Crippen LogP contribution in [0.25, 0.3) is 10.9 Å². The van der Waals surface area contributed by atoms with Crippen LogP contribution in [0.3, 0.4) is 0 Å². The largest absolute Gasteiger partial charge is 0.477 e. The van der Waals surface area contributed by atoms with Gasteiger partial charge in [-0.3, -0.25) is 0 Å². The number of rotatable bonds is 0. The molecule has 15 heavy (non-hydrogen) atoms. The van der Waals surface area contributed by atoms with Crippen molar-refractivity contribution in [3.63, 3.8) is 0 Å². The van der Waals surface area contributed by atoms with Crippen molar-refractivity contribution in [2.75, 3.05) is 6.61 Å². The number of para-hydroxylation sites is 1. The van der Waals surface area contributed by atoms with Gasteiger partial charge in [-0.05, 0) is 25.0 Å². The summed E-state index contributed by atoms with van der Waals surface area (Å²) < 4.78 is 5.53. The van der Waals surface area contributed by atoms with Crippen molar-refractivity contribution >= 4 is 10.9 Å². The average molecular weight is 199 g/mol. The van der Waals surface area contributed by atoms with Gasteiger partial charge in [-0.2, -0.15) is 0 Å². The highest BCUT2D eigenvalue weighted by Crippen LogP contribution is 2.32. The maximum Gasteiger partial charge on any atom is 0.217 e. The number of fused-ring (bicyclic) bond motifs is 2. The highest BCUT2D eigenvalue weighted by molar-refractivity contribution is 5.86. The van der Waals surface area contributed by atoms with Crippen molar-refractivity contribution in [1.29, 1.82) is 0 Å². The summed E-state index contributed by atoms with van der Waals surface area (Å²) in [6.07, 6.45) is 0.998. The minimum Gasteiger partial charge on any atom is -0.477 e. The Labute approximate surface area is 88.9 Å². The van der Waals surface area contributed by atoms with Crippen molar-refractivity contribution in [3.05, 3.63) is 34.9 Å². The molecule has 3 rings (SSSR count). The van der Waals surface area contributed by atoms with E-state index < -0.39 is 0 Å². The molecule has 2 heterocycles. The van der Waals surface area contributed by atoms with Gasteiger partial charge in [-0.25, -0.2) is 4.98 Å². The van der Waals surface area contributed by atoms with Gasteiger partial charge in [0, 0.05) is 17.4 Å². The number of aryl methyl sites for hydroxylation is 2. The van der Waals surface area contributed by atoms with Gasteiger partial charge in [0.1, 0.15) is 0 Å². The summed E-state index contributed by atoms with van der Waals surface area (Å²) in [4.78, 5) is 4.59. The first-order valence-corrected chi connectivity index (χ1v) is 5.29. The fraction of sp³-hybridized carbons (Fsp3) is 0.308. The van der Waals surface area contributed by atoms with Gasteiger partial charge in [0.2, 0.25) is 5.88 Å². The quantitative estimate of drug-likeness (QED) is 0.651. The molecule has 0 saturated heterocycles. The molecule has 0 bridgehead atoms. The Morgan fingerprint density at radius 3 is 3.00 bits per heavy atom. The van der Waals surface area contributed by atoms with Crippen LogP contribution in [0.5, 0.6) is 5.88 Å². The van der Waals surface area contributed by atoms with E-state index >= 15 is 0 Å². The second-order valence-electron chi connectivity index (χ2n) is 4.09. The smallest absolute Gasteiger partial charge is 0.217 e. The van der Waals surface area contributed by atoms with E-state index in [0.29, 0.717) is 0 Å². The maximum atomic E-state index is 5.53. The van der Waals surface area contributed by atoms with E-state index in [1.165, 1.54) is 22.1 Å². The first kappa shape index (κ1) is 8.72. The molecule has 0 radical (unpaired) electrons. The molecule has 76 valence electrons. The van der Waals surface area contributed by atoms with Gasteiger partial charge in [0.05, 0.1) is 12.1 Å². The molecular formula is C13H13NO. The van der Waals surface area contributed by atoms with Crippen molar-refractivity contribution in [1.82, 2.24) is 4.98 Å². The predicted octanol–water partition coefficient (Wildman–Crippen LogP) is 2.79. The van der Waals surface area contributed by atoms with Crippen LogP contribution in [0.2, 0.25) is 0 Å². The van der Waals surface area contributed by atoms with Crippen LogP contribution >= 0.6 is 0 Å². The predicted molar refractivity (Wildman–Crippen MR) is 60.4 cm³/mol. The molecule has 0 atom stereocenters. The lowest BCUT2D eigenvalue weighted by molar-refractivity contribution is 0.346. The van der Waals surface area contributed by atoms with Gasteiger partial charge in [0.15, 0.2) is 0 Å². The first-order chi connectivity index (χ1) is 7.27. The number of benzene rings is 1. The molecule has 0 unspecified atom stereocenters. The summed E-state index contributed by atoms with van der Waals surface area (Å²) in [6.45, 7) is 5.03. The molecule has 0 fully saturated rings. The van der Waals surface area contributed by atoms with Crippen LogP contribution in [0.15, 0.2) is 18.2 Å². The van der Waals surface area contributed by atoms with Crippen molar-refractivity contribution < 1.29 is 4.74 Å². The van der Waals surface area contributed by atoms with Gasteiger partial charge < -0.3 is 4.74 Å². The summed E-state index contributed by atoms with van der Waals surface area (Å²) in [5.74, 6) is 0.842. The molecule has 0 spiro atoms. The summed E-state index contributed by atoms with van der Waals surface area (Å²) in [5, 5.41) is 1.26. The normalized spacial score (nSPS) is 14.0. The molecule has 1 aromatic carbocycles. The zero-order chi connectivity index (χ0) is 10.4. The van der Waals surface area contributed by atoms with Gasteiger partial charge in [0.25, 0.3) is 0 Å². The zero-order valence-corrected chi connectivity index (χ0v) is 9.00. The Morgan fingerprint density at radius 1 is 1.27 bits per heavy atom. The molecule has 0 amide bonds. The van der Waals surface area contributed by atoms with Crippen LogP contribution in [0.4, 0.5) is 0 Å². The SMILES string of the molecule is Cc1c2c(nc3c(C)cccc13)OCC2. The number of pyridine rings is 1. The van der Waals surface area contributed by atoms with E-state index in [1.807, 2.05) is 0 Å². The lowest BCUT2D eigenvalue weighted by Gasteiger charge is -2.08. The second-order valence-corrected chi connectivity index (χ2v) is 4.09. The van der Waals surface area contributed by atoms with E-state index in [-0.39, 0.29) is 0 Å². The third-order valence-electron chi connectivity index (χ3n) is 3.16. The number of hydrogen-bond acceptors (Lipinski definition) is 2. The molecule has 2 heteroatoms. The van der Waals surface area contributed by atoms with Crippen molar-refractivity contribution in [2.24, 2.45) is 0 Å². The summed E-state index contributed by atoms with van der Waals surface area (Å²) in [5.41, 5.74) is 4.91. The first-order valence-electron chi connectivity index (χ1n) is 5.29. The number of hydrogen-bond donors (Lipinski definition) is 0. The topological polar surface area (TPSA) is 22.1 Å². The highest BCUT2D eigenvalue weighted by atomic mass is 16.5. The van der Waals surface area contributed by atoms with E-state index in [1.54, 1.807) is 0 Å². The number of aromatic nitrogens is 1. The van der Waals surface area contributed by atoms with Gasteiger partial charge in [-0.15, -0.1) is 0 Å². The molecule has 1 aliphatic heterocycles. The number of nitrogens with zero attached hydrogens (tertiary/aromatic N) is 1. The van der Waals surface area contributed by atoms with Crippen molar-refractivity contribution in [2.45, 2.75) is 20.3 Å². The van der Waals surface area contributed by atoms with Crippen LogP contribution < -0.4 is 4.74 Å². The molecule has 2 nitrogen and oxygen atoms in total. The minimum absolute atomic E-state index is 0.776. The Morgan fingerprint density at radius 2 is 2.13 bits per heavy atom. The average Bonchev–Trinajstić information content (AvgIpc) is 2.68. The lowest BCUT2D eigenvalue weighted by Crippen LogP contribution is -1.92. The molecule has 1 aromatic heterocycles. The monoisotopic (exact) mass is 199 g/mol. The second kappa shape index (κ2) is 2.96. The third-order valence-corrected chi connectivity index (χ3v) is 3.16. The van der Waals surface area contributed by atoms with E-state index in [9.17, 15) is 0 Å². The standard InChI is InChI=1S/C13H13NO/c1-8-4-3-5-10-9(2)11-6-7-15-13(11)14-12(8)10/h3-5H,6-7H2,1-2H3.